The lowest BCUT2D eigenvalue weighted by molar-refractivity contribution is 0.0846. The van der Waals surface area contributed by atoms with Crippen LogP contribution in [0.4, 0.5) is 0 Å². The third-order valence-electron chi connectivity index (χ3n) is 4.07. The number of nitrogens with one attached hydrogen (secondary N) is 3. The van der Waals surface area contributed by atoms with E-state index < -0.39 is 21.8 Å². The Labute approximate surface area is 159 Å². The van der Waals surface area contributed by atoms with Gasteiger partial charge in [-0.25, -0.2) is 13.1 Å². The van der Waals surface area contributed by atoms with E-state index in [1.807, 2.05) is 13.0 Å². The van der Waals surface area contributed by atoms with Crippen LogP contribution in [0.2, 0.25) is 0 Å². The van der Waals surface area contributed by atoms with Crippen LogP contribution < -0.4 is 15.6 Å². The van der Waals surface area contributed by atoms with Gasteiger partial charge in [0.05, 0.1) is 4.90 Å². The molecule has 0 aliphatic carbocycles. The average Bonchev–Trinajstić information content (AvgIpc) is 2.65. The highest BCUT2D eigenvalue weighted by Crippen LogP contribution is 2.12. The summed E-state index contributed by atoms with van der Waals surface area (Å²) in [5, 5.41) is 0. The Morgan fingerprint density at radius 3 is 2.15 bits per heavy atom. The molecule has 7 nitrogen and oxygen atoms in total. The van der Waals surface area contributed by atoms with Crippen molar-refractivity contribution < 1.29 is 18.0 Å². The summed E-state index contributed by atoms with van der Waals surface area (Å²) >= 11 is 0. The third-order valence-corrected chi connectivity index (χ3v) is 5.68. The Kier molecular flexibility index (Phi) is 6.70. The van der Waals surface area contributed by atoms with Gasteiger partial charge in [-0.15, -0.1) is 0 Å². The molecule has 0 aliphatic rings. The minimum atomic E-state index is -3.63. The molecule has 0 aromatic heterocycles. The average molecular weight is 389 g/mol. The predicted molar refractivity (Wildman–Crippen MR) is 103 cm³/mol. The molecular weight excluding hydrogens is 366 g/mol. The topological polar surface area (TPSA) is 104 Å². The van der Waals surface area contributed by atoms with Gasteiger partial charge in [0.25, 0.3) is 11.8 Å². The van der Waals surface area contributed by atoms with Crippen molar-refractivity contribution >= 4 is 21.8 Å². The summed E-state index contributed by atoms with van der Waals surface area (Å²) in [6, 6.07) is 12.3. The van der Waals surface area contributed by atoms with Gasteiger partial charge in [0.1, 0.15) is 0 Å². The van der Waals surface area contributed by atoms with Crippen molar-refractivity contribution in [1.82, 2.24) is 15.6 Å². The predicted octanol–water partition coefficient (Wildman–Crippen LogP) is 2.15. The molecule has 3 N–H and O–H groups in total. The van der Waals surface area contributed by atoms with E-state index in [1.54, 1.807) is 32.0 Å². The molecule has 2 aromatic rings. The van der Waals surface area contributed by atoms with Gasteiger partial charge in [-0.3, -0.25) is 20.4 Å². The Morgan fingerprint density at radius 2 is 1.56 bits per heavy atom. The minimum Gasteiger partial charge on any atom is -0.267 e. The second-order valence-electron chi connectivity index (χ2n) is 6.18. The molecule has 144 valence electrons. The molecule has 0 saturated carbocycles. The fourth-order valence-corrected chi connectivity index (χ4v) is 3.61. The van der Waals surface area contributed by atoms with E-state index in [4.69, 9.17) is 0 Å². The minimum absolute atomic E-state index is 0.0725. The number of benzene rings is 2. The molecule has 0 saturated heterocycles. The molecule has 1 atom stereocenters. The summed E-state index contributed by atoms with van der Waals surface area (Å²) in [7, 11) is -3.63. The SMILES string of the molecule is CC[C@H](C)NS(=O)(=O)c1ccc(C(=O)NNC(=O)c2ccccc2C)cc1. The van der Waals surface area contributed by atoms with Crippen LogP contribution in [0.15, 0.2) is 53.4 Å². The Hall–Kier alpha value is -2.71. The highest BCUT2D eigenvalue weighted by atomic mass is 32.2. The van der Waals surface area contributed by atoms with E-state index in [1.165, 1.54) is 24.3 Å². The van der Waals surface area contributed by atoms with Gasteiger partial charge in [0.15, 0.2) is 0 Å². The van der Waals surface area contributed by atoms with Gasteiger partial charge in [0.2, 0.25) is 10.0 Å². The van der Waals surface area contributed by atoms with E-state index in [0.717, 1.165) is 5.56 Å². The highest BCUT2D eigenvalue weighted by molar-refractivity contribution is 7.89. The van der Waals surface area contributed by atoms with Gasteiger partial charge in [0, 0.05) is 17.2 Å². The lowest BCUT2D eigenvalue weighted by atomic mass is 10.1. The van der Waals surface area contributed by atoms with Gasteiger partial charge in [-0.05, 0) is 56.2 Å². The maximum atomic E-state index is 12.2. The quantitative estimate of drug-likeness (QED) is 0.659. The van der Waals surface area contributed by atoms with Crippen molar-refractivity contribution in [2.24, 2.45) is 0 Å². The van der Waals surface area contributed by atoms with Crippen molar-refractivity contribution in [2.45, 2.75) is 38.1 Å². The molecule has 0 radical (unpaired) electrons. The smallest absolute Gasteiger partial charge is 0.267 e. The van der Waals surface area contributed by atoms with Crippen LogP contribution in [-0.2, 0) is 10.0 Å². The first-order valence-corrected chi connectivity index (χ1v) is 10.0. The number of carbonyl (C=O) groups is 2. The number of amides is 2. The zero-order chi connectivity index (χ0) is 20.0. The maximum Gasteiger partial charge on any atom is 0.269 e. The van der Waals surface area contributed by atoms with Crippen molar-refractivity contribution in [3.05, 3.63) is 65.2 Å². The number of hydrazine groups is 1. The normalized spacial score (nSPS) is 12.3. The Morgan fingerprint density at radius 1 is 0.963 bits per heavy atom. The molecule has 0 heterocycles. The first-order chi connectivity index (χ1) is 12.7. The molecule has 0 unspecified atom stereocenters. The molecule has 2 amide bonds. The Bertz CT molecular complexity index is 924. The van der Waals surface area contributed by atoms with Crippen molar-refractivity contribution in [1.29, 1.82) is 0 Å². The molecule has 2 aromatic carbocycles. The molecule has 8 heteroatoms. The van der Waals surface area contributed by atoms with E-state index in [2.05, 4.69) is 15.6 Å². The summed E-state index contributed by atoms with van der Waals surface area (Å²) in [6.45, 7) is 5.45. The molecule has 0 aliphatic heterocycles. The van der Waals surface area contributed by atoms with E-state index in [-0.39, 0.29) is 16.5 Å². The lowest BCUT2D eigenvalue weighted by Gasteiger charge is -2.12. The molecule has 0 bridgehead atoms. The first-order valence-electron chi connectivity index (χ1n) is 8.53. The molecule has 2 rings (SSSR count). The number of carbonyl (C=O) groups excluding carboxylic acids is 2. The van der Waals surface area contributed by atoms with Crippen molar-refractivity contribution in [3.8, 4) is 0 Å². The van der Waals surface area contributed by atoms with Crippen molar-refractivity contribution in [3.63, 3.8) is 0 Å². The maximum absolute atomic E-state index is 12.2. The summed E-state index contributed by atoms with van der Waals surface area (Å²) in [4.78, 5) is 24.3. The molecule has 0 fully saturated rings. The molecular formula is C19H23N3O4S. The zero-order valence-corrected chi connectivity index (χ0v) is 16.3. The van der Waals surface area contributed by atoms with Gasteiger partial charge in [-0.1, -0.05) is 25.1 Å². The summed E-state index contributed by atoms with van der Waals surface area (Å²) < 4.78 is 27.0. The van der Waals surface area contributed by atoms with Crippen molar-refractivity contribution in [2.75, 3.05) is 0 Å². The van der Waals surface area contributed by atoms with Crippen LogP contribution >= 0.6 is 0 Å². The second-order valence-corrected chi connectivity index (χ2v) is 7.89. The van der Waals surface area contributed by atoms with E-state index in [0.29, 0.717) is 12.0 Å². The highest BCUT2D eigenvalue weighted by Gasteiger charge is 2.17. The zero-order valence-electron chi connectivity index (χ0n) is 15.4. The number of sulfonamides is 1. The molecule has 0 spiro atoms. The van der Waals surface area contributed by atoms with Crippen LogP contribution in [-0.4, -0.2) is 26.3 Å². The number of aryl methyl sites for hydroxylation is 1. The summed E-state index contributed by atoms with van der Waals surface area (Å²) in [5.74, 6) is -0.978. The van der Waals surface area contributed by atoms with Gasteiger partial charge in [-0.2, -0.15) is 0 Å². The van der Waals surface area contributed by atoms with Crippen LogP contribution in [0, 0.1) is 6.92 Å². The number of rotatable bonds is 6. The third kappa shape index (κ3) is 5.38. The lowest BCUT2D eigenvalue weighted by Crippen LogP contribution is -2.41. The summed E-state index contributed by atoms with van der Waals surface area (Å²) in [6.07, 6.45) is 0.667. The molecule has 27 heavy (non-hydrogen) atoms. The Balaban J connectivity index is 2.01. The van der Waals surface area contributed by atoms with Crippen LogP contribution in [0.5, 0.6) is 0 Å². The van der Waals surface area contributed by atoms with Crippen LogP contribution in [0.1, 0.15) is 46.5 Å². The van der Waals surface area contributed by atoms with Crippen LogP contribution in [0.25, 0.3) is 0 Å². The van der Waals surface area contributed by atoms with E-state index >= 15 is 0 Å². The summed E-state index contributed by atoms with van der Waals surface area (Å²) in [5.41, 5.74) is 6.13. The van der Waals surface area contributed by atoms with Crippen LogP contribution in [0.3, 0.4) is 0 Å². The largest absolute Gasteiger partial charge is 0.269 e. The standard InChI is InChI=1S/C19H23N3O4S/c1-4-14(3)22-27(25,26)16-11-9-15(10-12-16)18(23)20-21-19(24)17-8-6-5-7-13(17)2/h5-12,14,22H,4H2,1-3H3,(H,20,23)(H,21,24)/t14-/m0/s1. The van der Waals surface area contributed by atoms with E-state index in [9.17, 15) is 18.0 Å². The first kappa shape index (κ1) is 20.6. The fourth-order valence-electron chi connectivity index (χ4n) is 2.28. The monoisotopic (exact) mass is 389 g/mol. The second kappa shape index (κ2) is 8.79. The van der Waals surface area contributed by atoms with Gasteiger partial charge < -0.3 is 0 Å². The van der Waals surface area contributed by atoms with Gasteiger partial charge >= 0.3 is 0 Å². The number of hydrogen-bond donors (Lipinski definition) is 3. The fraction of sp³-hybridized carbons (Fsp3) is 0.263. The number of hydrogen-bond acceptors (Lipinski definition) is 4.